The Hall–Kier alpha value is -1.71. The molecule has 0 spiro atoms. The Morgan fingerprint density at radius 1 is 1.60 bits per heavy atom. The van der Waals surface area contributed by atoms with E-state index in [1.54, 1.807) is 6.07 Å². The van der Waals surface area contributed by atoms with E-state index in [1.165, 1.54) is 6.07 Å². The molecule has 0 radical (unpaired) electrons. The van der Waals surface area contributed by atoms with E-state index >= 15 is 0 Å². The van der Waals surface area contributed by atoms with Crippen LogP contribution in [0.3, 0.4) is 0 Å². The van der Waals surface area contributed by atoms with Gasteiger partial charge in [0.2, 0.25) is 0 Å². The molecule has 2 N–H and O–H groups in total. The normalized spacial score (nSPS) is 18.3. The molecule has 80 valence electrons. The number of aryl methyl sites for hydroxylation is 1. The highest BCUT2D eigenvalue weighted by atomic mass is 16.5. The number of phenols is 1. The molecule has 1 atom stereocenters. The minimum absolute atomic E-state index is 0.0681. The van der Waals surface area contributed by atoms with E-state index in [0.29, 0.717) is 12.4 Å². The maximum Gasteiger partial charge on any atom is 0.304 e. The molecule has 4 heteroatoms. The van der Waals surface area contributed by atoms with E-state index in [-0.39, 0.29) is 18.1 Å². The van der Waals surface area contributed by atoms with Crippen LogP contribution >= 0.6 is 0 Å². The van der Waals surface area contributed by atoms with Crippen LogP contribution in [0.4, 0.5) is 0 Å². The third kappa shape index (κ3) is 1.75. The number of hydrogen-bond acceptors (Lipinski definition) is 3. The largest absolute Gasteiger partial charge is 0.508 e. The summed E-state index contributed by atoms with van der Waals surface area (Å²) in [6.45, 7) is 2.23. The van der Waals surface area contributed by atoms with Gasteiger partial charge in [-0.25, -0.2) is 0 Å². The summed E-state index contributed by atoms with van der Waals surface area (Å²) >= 11 is 0. The molecule has 0 saturated heterocycles. The van der Waals surface area contributed by atoms with Gasteiger partial charge in [0.25, 0.3) is 0 Å². The molecule has 0 amide bonds. The van der Waals surface area contributed by atoms with Gasteiger partial charge < -0.3 is 14.9 Å². The van der Waals surface area contributed by atoms with Gasteiger partial charge in [-0.3, -0.25) is 4.79 Å². The zero-order valence-corrected chi connectivity index (χ0v) is 8.36. The van der Waals surface area contributed by atoms with Gasteiger partial charge >= 0.3 is 5.97 Å². The number of ether oxygens (including phenoxy) is 1. The number of carboxylic acid groups (broad SMARTS) is 1. The summed E-state index contributed by atoms with van der Waals surface area (Å²) < 4.78 is 5.35. The molecule has 15 heavy (non-hydrogen) atoms. The molecule has 4 nitrogen and oxygen atoms in total. The molecule has 2 rings (SSSR count). The van der Waals surface area contributed by atoms with E-state index in [4.69, 9.17) is 9.84 Å². The second-order valence-electron chi connectivity index (χ2n) is 3.78. The molecule has 1 aromatic rings. The van der Waals surface area contributed by atoms with E-state index in [1.807, 2.05) is 6.92 Å². The number of carbonyl (C=O) groups is 1. The summed E-state index contributed by atoms with van der Waals surface area (Å²) in [5.74, 6) is -0.164. The summed E-state index contributed by atoms with van der Waals surface area (Å²) in [7, 11) is 0. The first-order valence-corrected chi connectivity index (χ1v) is 4.76. The molecule has 0 aliphatic carbocycles. The van der Waals surface area contributed by atoms with Gasteiger partial charge in [0.15, 0.2) is 0 Å². The molecule has 0 saturated carbocycles. The standard InChI is InChI=1S/C11H12O4/c1-6-2-8(12)4-9-11(6)7(5-15-9)3-10(13)14/h2,4,7,12H,3,5H2,1H3,(H,13,14)/t7-/m1/s1. The minimum atomic E-state index is -0.830. The van der Waals surface area contributed by atoms with Crippen LogP contribution in [0.5, 0.6) is 11.5 Å². The molecule has 1 aliphatic heterocycles. The SMILES string of the molecule is Cc1cc(O)cc2c1[C@H](CC(=O)O)CO2. The molecular formula is C11H12O4. The zero-order chi connectivity index (χ0) is 11.0. The van der Waals surface area contributed by atoms with Crippen LogP contribution in [-0.2, 0) is 4.79 Å². The lowest BCUT2D eigenvalue weighted by atomic mass is 9.94. The maximum absolute atomic E-state index is 10.6. The third-order valence-corrected chi connectivity index (χ3v) is 2.60. The van der Waals surface area contributed by atoms with Crippen molar-refractivity contribution in [3.8, 4) is 11.5 Å². The molecule has 0 unspecified atom stereocenters. The van der Waals surface area contributed by atoms with Crippen LogP contribution in [0, 0.1) is 6.92 Å². The summed E-state index contributed by atoms with van der Waals surface area (Å²) in [6, 6.07) is 3.16. The average Bonchev–Trinajstić information content (AvgIpc) is 2.46. The maximum atomic E-state index is 10.6. The van der Waals surface area contributed by atoms with Crippen LogP contribution < -0.4 is 4.74 Å². The fourth-order valence-corrected chi connectivity index (χ4v) is 2.04. The Bertz CT molecular complexity index is 411. The number of hydrogen-bond donors (Lipinski definition) is 2. The molecule has 1 heterocycles. The predicted octanol–water partition coefficient (Wildman–Crippen LogP) is 1.65. The Morgan fingerprint density at radius 3 is 3.00 bits per heavy atom. The number of phenolic OH excluding ortho intramolecular Hbond substituents is 1. The number of fused-ring (bicyclic) bond motifs is 1. The fourth-order valence-electron chi connectivity index (χ4n) is 2.04. The van der Waals surface area contributed by atoms with Gasteiger partial charge in [0, 0.05) is 17.5 Å². The van der Waals surface area contributed by atoms with Crippen molar-refractivity contribution in [2.24, 2.45) is 0 Å². The lowest BCUT2D eigenvalue weighted by Gasteiger charge is -2.08. The van der Waals surface area contributed by atoms with Gasteiger partial charge in [-0.2, -0.15) is 0 Å². The lowest BCUT2D eigenvalue weighted by Crippen LogP contribution is -2.08. The second kappa shape index (κ2) is 3.46. The van der Waals surface area contributed by atoms with Crippen LogP contribution in [0.25, 0.3) is 0 Å². The van der Waals surface area contributed by atoms with Crippen LogP contribution in [0.15, 0.2) is 12.1 Å². The van der Waals surface area contributed by atoms with Crippen molar-refractivity contribution in [2.75, 3.05) is 6.61 Å². The van der Waals surface area contributed by atoms with Crippen LogP contribution in [-0.4, -0.2) is 22.8 Å². The molecule has 0 fully saturated rings. The third-order valence-electron chi connectivity index (χ3n) is 2.60. The first-order chi connectivity index (χ1) is 7.08. The first-order valence-electron chi connectivity index (χ1n) is 4.76. The van der Waals surface area contributed by atoms with Crippen molar-refractivity contribution < 1.29 is 19.7 Å². The second-order valence-corrected chi connectivity index (χ2v) is 3.78. The van der Waals surface area contributed by atoms with Crippen LogP contribution in [0.1, 0.15) is 23.5 Å². The van der Waals surface area contributed by atoms with Crippen molar-refractivity contribution in [1.82, 2.24) is 0 Å². The zero-order valence-electron chi connectivity index (χ0n) is 8.36. The summed E-state index contributed by atoms with van der Waals surface area (Å²) in [5.41, 5.74) is 1.80. The summed E-state index contributed by atoms with van der Waals surface area (Å²) in [4.78, 5) is 10.6. The van der Waals surface area contributed by atoms with Gasteiger partial charge in [0.1, 0.15) is 11.5 Å². The number of rotatable bonds is 2. The first kappa shape index (κ1) is 9.83. The Kier molecular flexibility index (Phi) is 2.26. The highest BCUT2D eigenvalue weighted by molar-refractivity contribution is 5.69. The highest BCUT2D eigenvalue weighted by Crippen LogP contribution is 2.40. The number of aromatic hydroxyl groups is 1. The van der Waals surface area contributed by atoms with E-state index in [9.17, 15) is 9.90 Å². The Morgan fingerprint density at radius 2 is 2.33 bits per heavy atom. The number of aliphatic carboxylic acids is 1. The van der Waals surface area contributed by atoms with Crippen molar-refractivity contribution in [3.63, 3.8) is 0 Å². The average molecular weight is 208 g/mol. The molecule has 0 aromatic heterocycles. The van der Waals surface area contributed by atoms with Crippen LogP contribution in [0.2, 0.25) is 0 Å². The van der Waals surface area contributed by atoms with E-state index in [0.717, 1.165) is 11.1 Å². The molecular weight excluding hydrogens is 196 g/mol. The molecule has 0 bridgehead atoms. The van der Waals surface area contributed by atoms with Gasteiger partial charge in [0.05, 0.1) is 13.0 Å². The number of benzene rings is 1. The highest BCUT2D eigenvalue weighted by Gasteiger charge is 2.28. The molecule has 1 aromatic carbocycles. The monoisotopic (exact) mass is 208 g/mol. The fraction of sp³-hybridized carbons (Fsp3) is 0.364. The Balaban J connectivity index is 2.37. The number of carboxylic acids is 1. The van der Waals surface area contributed by atoms with Crippen molar-refractivity contribution in [2.45, 2.75) is 19.3 Å². The predicted molar refractivity (Wildman–Crippen MR) is 53.3 cm³/mol. The van der Waals surface area contributed by atoms with Crippen molar-refractivity contribution in [1.29, 1.82) is 0 Å². The lowest BCUT2D eigenvalue weighted by molar-refractivity contribution is -0.137. The van der Waals surface area contributed by atoms with Gasteiger partial charge in [-0.05, 0) is 18.6 Å². The Labute approximate surface area is 87.1 Å². The van der Waals surface area contributed by atoms with Crippen molar-refractivity contribution >= 4 is 5.97 Å². The molecule has 1 aliphatic rings. The topological polar surface area (TPSA) is 66.8 Å². The minimum Gasteiger partial charge on any atom is -0.508 e. The quantitative estimate of drug-likeness (QED) is 0.775. The van der Waals surface area contributed by atoms with Gasteiger partial charge in [-0.1, -0.05) is 0 Å². The summed E-state index contributed by atoms with van der Waals surface area (Å²) in [6.07, 6.45) is 0.0681. The van der Waals surface area contributed by atoms with E-state index < -0.39 is 5.97 Å². The smallest absolute Gasteiger partial charge is 0.304 e. The van der Waals surface area contributed by atoms with Gasteiger partial charge in [-0.15, -0.1) is 0 Å². The summed E-state index contributed by atoms with van der Waals surface area (Å²) in [5, 5.41) is 18.1. The van der Waals surface area contributed by atoms with Crippen molar-refractivity contribution in [3.05, 3.63) is 23.3 Å². The van der Waals surface area contributed by atoms with E-state index in [2.05, 4.69) is 0 Å².